The number of ether oxygens (including phenoxy) is 2. The molecule has 1 heterocycles. The number of hydrogen-bond donors (Lipinski definition) is 1. The van der Waals surface area contributed by atoms with Crippen LogP contribution in [0.2, 0.25) is 0 Å². The van der Waals surface area contributed by atoms with Gasteiger partial charge in [-0.3, -0.25) is 9.59 Å². The Morgan fingerprint density at radius 3 is 2.73 bits per heavy atom. The summed E-state index contributed by atoms with van der Waals surface area (Å²) in [6, 6.07) is 12.9. The number of aryl methyl sites for hydroxylation is 1. The van der Waals surface area contributed by atoms with Crippen LogP contribution in [-0.4, -0.2) is 31.6 Å². The molecule has 26 heavy (non-hydrogen) atoms. The van der Waals surface area contributed by atoms with Gasteiger partial charge in [0.1, 0.15) is 11.5 Å². The van der Waals surface area contributed by atoms with E-state index in [1.165, 1.54) is 0 Å². The number of carbonyl (C=O) groups is 2. The van der Waals surface area contributed by atoms with Crippen LogP contribution in [0.5, 0.6) is 11.5 Å². The van der Waals surface area contributed by atoms with Crippen molar-refractivity contribution < 1.29 is 19.1 Å². The first-order valence-corrected chi connectivity index (χ1v) is 8.63. The number of anilines is 2. The Kier molecular flexibility index (Phi) is 5.41. The van der Waals surface area contributed by atoms with Gasteiger partial charge in [-0.1, -0.05) is 6.07 Å². The van der Waals surface area contributed by atoms with Crippen molar-refractivity contribution in [1.29, 1.82) is 0 Å². The summed E-state index contributed by atoms with van der Waals surface area (Å²) in [5, 5.41) is 2.84. The SMILES string of the molecule is CCOc1ccc(NC(=O)CCN2C(=O)COc3ccc(C)cc32)cc1. The molecule has 1 aliphatic rings. The fourth-order valence-corrected chi connectivity index (χ4v) is 2.80. The molecule has 0 fully saturated rings. The number of benzene rings is 2. The number of carbonyl (C=O) groups excluding carboxylic acids is 2. The van der Waals surface area contributed by atoms with Crippen LogP contribution >= 0.6 is 0 Å². The third-order valence-corrected chi connectivity index (χ3v) is 4.07. The Labute approximate surface area is 152 Å². The second-order valence-corrected chi connectivity index (χ2v) is 6.06. The van der Waals surface area contributed by atoms with Crippen LogP contribution in [-0.2, 0) is 9.59 Å². The summed E-state index contributed by atoms with van der Waals surface area (Å²) in [5.41, 5.74) is 2.45. The number of nitrogens with zero attached hydrogens (tertiary/aromatic N) is 1. The fraction of sp³-hybridized carbons (Fsp3) is 0.300. The second-order valence-electron chi connectivity index (χ2n) is 6.06. The van der Waals surface area contributed by atoms with E-state index in [1.807, 2.05) is 44.2 Å². The summed E-state index contributed by atoms with van der Waals surface area (Å²) in [4.78, 5) is 26.0. The van der Waals surface area contributed by atoms with Crippen LogP contribution in [0.4, 0.5) is 11.4 Å². The number of nitrogens with one attached hydrogen (secondary N) is 1. The Balaban J connectivity index is 1.61. The molecule has 1 aliphatic heterocycles. The molecular weight excluding hydrogens is 332 g/mol. The van der Waals surface area contributed by atoms with Gasteiger partial charge in [-0.05, 0) is 55.8 Å². The van der Waals surface area contributed by atoms with Gasteiger partial charge in [0.25, 0.3) is 5.91 Å². The van der Waals surface area contributed by atoms with Crippen molar-refractivity contribution in [3.05, 3.63) is 48.0 Å². The Morgan fingerprint density at radius 1 is 1.23 bits per heavy atom. The highest BCUT2D eigenvalue weighted by atomic mass is 16.5. The molecule has 2 aromatic carbocycles. The summed E-state index contributed by atoms with van der Waals surface area (Å²) in [6.07, 6.45) is 0.201. The van der Waals surface area contributed by atoms with E-state index in [2.05, 4.69) is 5.32 Å². The topological polar surface area (TPSA) is 67.9 Å². The van der Waals surface area contributed by atoms with Crippen LogP contribution in [0.3, 0.4) is 0 Å². The van der Waals surface area contributed by atoms with Gasteiger partial charge in [-0.2, -0.15) is 0 Å². The monoisotopic (exact) mass is 354 g/mol. The molecule has 0 saturated heterocycles. The zero-order chi connectivity index (χ0) is 18.5. The maximum atomic E-state index is 12.2. The molecule has 0 aromatic heterocycles. The van der Waals surface area contributed by atoms with Gasteiger partial charge in [-0.25, -0.2) is 0 Å². The second kappa shape index (κ2) is 7.91. The van der Waals surface area contributed by atoms with Crippen molar-refractivity contribution in [2.24, 2.45) is 0 Å². The summed E-state index contributed by atoms with van der Waals surface area (Å²) < 4.78 is 10.8. The largest absolute Gasteiger partial charge is 0.494 e. The maximum Gasteiger partial charge on any atom is 0.265 e. The predicted molar refractivity (Wildman–Crippen MR) is 99.9 cm³/mol. The third-order valence-electron chi connectivity index (χ3n) is 4.07. The van der Waals surface area contributed by atoms with Crippen LogP contribution in [0.15, 0.2) is 42.5 Å². The minimum absolute atomic E-state index is 0.00340. The molecular formula is C20H22N2O4. The van der Waals surface area contributed by atoms with Crippen molar-refractivity contribution in [2.45, 2.75) is 20.3 Å². The molecule has 1 N–H and O–H groups in total. The normalized spacial score (nSPS) is 13.0. The summed E-state index contributed by atoms with van der Waals surface area (Å²) in [6.45, 7) is 4.77. The molecule has 2 amide bonds. The van der Waals surface area contributed by atoms with E-state index in [0.29, 0.717) is 24.6 Å². The quantitative estimate of drug-likeness (QED) is 0.865. The molecule has 3 rings (SSSR count). The fourth-order valence-electron chi connectivity index (χ4n) is 2.80. The third kappa shape index (κ3) is 4.14. The molecule has 0 atom stereocenters. The number of fused-ring (bicyclic) bond motifs is 1. The molecule has 136 valence electrons. The lowest BCUT2D eigenvalue weighted by Gasteiger charge is -2.29. The molecule has 0 radical (unpaired) electrons. The molecule has 0 unspecified atom stereocenters. The lowest BCUT2D eigenvalue weighted by atomic mass is 10.1. The summed E-state index contributed by atoms with van der Waals surface area (Å²) >= 11 is 0. The van der Waals surface area contributed by atoms with E-state index < -0.39 is 0 Å². The van der Waals surface area contributed by atoms with E-state index in [4.69, 9.17) is 9.47 Å². The van der Waals surface area contributed by atoms with Crippen molar-refractivity contribution in [2.75, 3.05) is 30.0 Å². The molecule has 6 heteroatoms. The van der Waals surface area contributed by atoms with Gasteiger partial charge in [0, 0.05) is 18.7 Å². The van der Waals surface area contributed by atoms with E-state index in [1.54, 1.807) is 17.0 Å². The van der Waals surface area contributed by atoms with Crippen molar-refractivity contribution >= 4 is 23.2 Å². The number of amides is 2. The zero-order valence-corrected chi connectivity index (χ0v) is 15.0. The van der Waals surface area contributed by atoms with E-state index in [-0.39, 0.29) is 24.8 Å². The average Bonchev–Trinajstić information content (AvgIpc) is 2.63. The Hall–Kier alpha value is -3.02. The highest BCUT2D eigenvalue weighted by Crippen LogP contribution is 2.32. The maximum absolute atomic E-state index is 12.2. The molecule has 6 nitrogen and oxygen atoms in total. The van der Waals surface area contributed by atoms with E-state index >= 15 is 0 Å². The first kappa shape index (κ1) is 17.8. The Morgan fingerprint density at radius 2 is 2.00 bits per heavy atom. The zero-order valence-electron chi connectivity index (χ0n) is 15.0. The standard InChI is InChI=1S/C20H22N2O4/c1-3-25-16-7-5-15(6-8-16)21-19(23)10-11-22-17-12-14(2)4-9-18(17)26-13-20(22)24/h4-9,12H,3,10-11,13H2,1-2H3,(H,21,23). The van der Waals surface area contributed by atoms with Gasteiger partial charge in [0.05, 0.1) is 12.3 Å². The summed E-state index contributed by atoms with van der Waals surface area (Å²) in [5.74, 6) is 1.14. The van der Waals surface area contributed by atoms with Gasteiger partial charge in [0.15, 0.2) is 6.61 Å². The molecule has 0 saturated carbocycles. The average molecular weight is 354 g/mol. The van der Waals surface area contributed by atoms with Crippen molar-refractivity contribution in [1.82, 2.24) is 0 Å². The molecule has 0 aliphatic carbocycles. The highest BCUT2D eigenvalue weighted by Gasteiger charge is 2.25. The van der Waals surface area contributed by atoms with Crippen molar-refractivity contribution in [3.63, 3.8) is 0 Å². The molecule has 0 spiro atoms. The molecule has 2 aromatic rings. The van der Waals surface area contributed by atoms with Gasteiger partial charge < -0.3 is 19.7 Å². The predicted octanol–water partition coefficient (Wildman–Crippen LogP) is 3.15. The van der Waals surface area contributed by atoms with Crippen molar-refractivity contribution in [3.8, 4) is 11.5 Å². The number of hydrogen-bond acceptors (Lipinski definition) is 4. The first-order chi connectivity index (χ1) is 12.6. The van der Waals surface area contributed by atoms with Crippen LogP contribution in [0.25, 0.3) is 0 Å². The molecule has 0 bridgehead atoms. The van der Waals surface area contributed by atoms with Crippen LogP contribution in [0, 0.1) is 6.92 Å². The minimum Gasteiger partial charge on any atom is -0.494 e. The Bertz CT molecular complexity index is 802. The minimum atomic E-state index is -0.150. The van der Waals surface area contributed by atoms with Gasteiger partial charge in [0.2, 0.25) is 5.91 Å². The highest BCUT2D eigenvalue weighted by molar-refractivity contribution is 5.99. The summed E-state index contributed by atoms with van der Waals surface area (Å²) in [7, 11) is 0. The van der Waals surface area contributed by atoms with E-state index in [9.17, 15) is 9.59 Å². The van der Waals surface area contributed by atoms with Gasteiger partial charge in [-0.15, -0.1) is 0 Å². The first-order valence-electron chi connectivity index (χ1n) is 8.63. The smallest absolute Gasteiger partial charge is 0.265 e. The lowest BCUT2D eigenvalue weighted by molar-refractivity contribution is -0.121. The van der Waals surface area contributed by atoms with E-state index in [0.717, 1.165) is 17.0 Å². The van der Waals surface area contributed by atoms with Gasteiger partial charge >= 0.3 is 0 Å². The lowest BCUT2D eigenvalue weighted by Crippen LogP contribution is -2.40. The van der Waals surface area contributed by atoms with Crippen LogP contribution < -0.4 is 19.7 Å². The number of rotatable bonds is 6. The van der Waals surface area contributed by atoms with Crippen LogP contribution in [0.1, 0.15) is 18.9 Å².